The Morgan fingerprint density at radius 3 is 2.30 bits per heavy atom. The maximum Gasteiger partial charge on any atom is 0.243 e. The van der Waals surface area contributed by atoms with Crippen LogP contribution in [-0.2, 0) is 24.3 Å². The minimum Gasteiger partial charge on any atom is -0.383 e. The Kier molecular flexibility index (Phi) is 8.22. The monoisotopic (exact) mass is 398 g/mol. The molecular weight excluding hydrogens is 368 g/mol. The predicted molar refractivity (Wildman–Crippen MR) is 103 cm³/mol. The first-order chi connectivity index (χ1) is 12.9. The molecule has 27 heavy (non-hydrogen) atoms. The van der Waals surface area contributed by atoms with E-state index in [0.717, 1.165) is 5.56 Å². The summed E-state index contributed by atoms with van der Waals surface area (Å²) in [5, 5.41) is 0. The lowest BCUT2D eigenvalue weighted by Crippen LogP contribution is -2.48. The number of benzene rings is 1. The van der Waals surface area contributed by atoms with Crippen LogP contribution in [0.5, 0.6) is 0 Å². The molecule has 0 saturated carbocycles. The number of hydrogen-bond acceptors (Lipinski definition) is 5. The molecular formula is C19H30N2O5S. The second-order valence-electron chi connectivity index (χ2n) is 6.83. The molecule has 1 aromatic carbocycles. The van der Waals surface area contributed by atoms with Crippen LogP contribution >= 0.6 is 0 Å². The van der Waals surface area contributed by atoms with E-state index < -0.39 is 10.0 Å². The van der Waals surface area contributed by atoms with Gasteiger partial charge < -0.3 is 14.4 Å². The Hall–Kier alpha value is -1.48. The topological polar surface area (TPSA) is 76.2 Å². The lowest BCUT2D eigenvalue weighted by molar-refractivity contribution is -0.138. The van der Waals surface area contributed by atoms with Crippen molar-refractivity contribution in [3.05, 3.63) is 29.8 Å². The van der Waals surface area contributed by atoms with Crippen molar-refractivity contribution >= 4 is 15.9 Å². The lowest BCUT2D eigenvalue weighted by Gasteiger charge is -2.34. The number of amides is 1. The Balaban J connectivity index is 2.11. The normalized spacial score (nSPS) is 18.4. The molecule has 0 spiro atoms. The Morgan fingerprint density at radius 1 is 1.15 bits per heavy atom. The molecule has 1 fully saturated rings. The molecule has 1 aliphatic heterocycles. The van der Waals surface area contributed by atoms with Gasteiger partial charge >= 0.3 is 0 Å². The van der Waals surface area contributed by atoms with Crippen LogP contribution in [0.25, 0.3) is 0 Å². The second kappa shape index (κ2) is 10.2. The van der Waals surface area contributed by atoms with Crippen LogP contribution in [-0.4, -0.2) is 77.1 Å². The second-order valence-corrected chi connectivity index (χ2v) is 8.76. The lowest BCUT2D eigenvalue weighted by atomic mass is 9.98. The van der Waals surface area contributed by atoms with E-state index >= 15 is 0 Å². The molecule has 0 aromatic heterocycles. The van der Waals surface area contributed by atoms with Crippen molar-refractivity contribution in [3.8, 4) is 0 Å². The van der Waals surface area contributed by atoms with Crippen LogP contribution in [0.2, 0.25) is 0 Å². The smallest absolute Gasteiger partial charge is 0.243 e. The van der Waals surface area contributed by atoms with Gasteiger partial charge in [0.25, 0.3) is 0 Å². The average Bonchev–Trinajstić information content (AvgIpc) is 2.68. The molecule has 0 N–H and O–H groups in total. The Bertz CT molecular complexity index is 697. The summed E-state index contributed by atoms with van der Waals surface area (Å²) < 4.78 is 37.5. The number of rotatable bonds is 9. The first-order valence-electron chi connectivity index (χ1n) is 9.23. The molecule has 1 saturated heterocycles. The Morgan fingerprint density at radius 2 is 1.74 bits per heavy atom. The van der Waals surface area contributed by atoms with Crippen LogP contribution in [0.4, 0.5) is 0 Å². The predicted octanol–water partition coefficient (Wildman–Crippen LogP) is 1.52. The molecule has 1 atom stereocenters. The zero-order valence-corrected chi connectivity index (χ0v) is 17.2. The number of ether oxygens (including phenoxy) is 2. The van der Waals surface area contributed by atoms with Crippen molar-refractivity contribution in [1.29, 1.82) is 0 Å². The minimum atomic E-state index is -3.59. The molecule has 7 nitrogen and oxygen atoms in total. The van der Waals surface area contributed by atoms with E-state index in [1.54, 1.807) is 43.4 Å². The van der Waals surface area contributed by atoms with Crippen LogP contribution in [0.1, 0.15) is 18.4 Å². The summed E-state index contributed by atoms with van der Waals surface area (Å²) in [6.45, 7) is 4.39. The molecule has 0 radical (unpaired) electrons. The van der Waals surface area contributed by atoms with Gasteiger partial charge in [0.15, 0.2) is 0 Å². The maximum absolute atomic E-state index is 13.0. The summed E-state index contributed by atoms with van der Waals surface area (Å²) in [5.41, 5.74) is 1.01. The molecule has 8 heteroatoms. The third-order valence-corrected chi connectivity index (χ3v) is 6.71. The van der Waals surface area contributed by atoms with E-state index in [1.807, 2.05) is 6.92 Å². The van der Waals surface area contributed by atoms with Crippen molar-refractivity contribution in [3.63, 3.8) is 0 Å². The van der Waals surface area contributed by atoms with E-state index in [1.165, 1.54) is 4.31 Å². The first kappa shape index (κ1) is 21.8. The molecule has 0 bridgehead atoms. The highest BCUT2D eigenvalue weighted by atomic mass is 32.2. The van der Waals surface area contributed by atoms with Crippen LogP contribution in [0, 0.1) is 12.8 Å². The molecule has 2 rings (SSSR count). The van der Waals surface area contributed by atoms with E-state index in [9.17, 15) is 13.2 Å². The van der Waals surface area contributed by atoms with Gasteiger partial charge in [-0.1, -0.05) is 17.7 Å². The Labute approximate surface area is 162 Å². The van der Waals surface area contributed by atoms with Gasteiger partial charge in [-0.05, 0) is 31.9 Å². The highest BCUT2D eigenvalue weighted by Crippen LogP contribution is 2.25. The van der Waals surface area contributed by atoms with Crippen molar-refractivity contribution in [1.82, 2.24) is 9.21 Å². The fraction of sp³-hybridized carbons (Fsp3) is 0.632. The summed E-state index contributed by atoms with van der Waals surface area (Å²) >= 11 is 0. The number of aryl methyl sites for hydroxylation is 1. The molecule has 1 aliphatic rings. The fourth-order valence-corrected chi connectivity index (χ4v) is 4.74. The van der Waals surface area contributed by atoms with E-state index in [0.29, 0.717) is 45.7 Å². The third-order valence-electron chi connectivity index (χ3n) is 4.83. The zero-order valence-electron chi connectivity index (χ0n) is 16.4. The van der Waals surface area contributed by atoms with Gasteiger partial charge in [-0.15, -0.1) is 0 Å². The van der Waals surface area contributed by atoms with Gasteiger partial charge in [-0.2, -0.15) is 4.31 Å². The summed E-state index contributed by atoms with van der Waals surface area (Å²) in [6, 6.07) is 6.83. The van der Waals surface area contributed by atoms with Gasteiger partial charge in [0, 0.05) is 40.4 Å². The average molecular weight is 399 g/mol. The van der Waals surface area contributed by atoms with Crippen molar-refractivity contribution in [2.45, 2.75) is 24.7 Å². The summed E-state index contributed by atoms with van der Waals surface area (Å²) in [7, 11) is -0.406. The maximum atomic E-state index is 13.0. The SMILES string of the molecule is COCCN(CCOC)C(=O)[C@@H]1CCCN(S(=O)(=O)c2ccc(C)cc2)C1. The molecule has 1 amide bonds. The summed E-state index contributed by atoms with van der Waals surface area (Å²) in [6.07, 6.45) is 1.36. The molecule has 0 unspecified atom stereocenters. The summed E-state index contributed by atoms with van der Waals surface area (Å²) in [5.74, 6) is -0.374. The quantitative estimate of drug-likeness (QED) is 0.630. The van der Waals surface area contributed by atoms with Crippen LogP contribution in [0.3, 0.4) is 0 Å². The van der Waals surface area contributed by atoms with Gasteiger partial charge in [0.1, 0.15) is 0 Å². The molecule has 152 valence electrons. The van der Waals surface area contributed by atoms with Gasteiger partial charge in [0.2, 0.25) is 15.9 Å². The largest absolute Gasteiger partial charge is 0.383 e. The first-order valence-corrected chi connectivity index (χ1v) is 10.7. The number of carbonyl (C=O) groups is 1. The van der Waals surface area contributed by atoms with Crippen LogP contribution in [0.15, 0.2) is 29.2 Å². The minimum absolute atomic E-state index is 0.0343. The van der Waals surface area contributed by atoms with E-state index in [4.69, 9.17) is 9.47 Å². The summed E-state index contributed by atoms with van der Waals surface area (Å²) in [4.78, 5) is 14.9. The number of sulfonamides is 1. The molecule has 1 aromatic rings. The van der Waals surface area contributed by atoms with Gasteiger partial charge in [-0.3, -0.25) is 4.79 Å². The highest BCUT2D eigenvalue weighted by molar-refractivity contribution is 7.89. The molecule has 1 heterocycles. The van der Waals surface area contributed by atoms with Gasteiger partial charge in [0.05, 0.1) is 24.0 Å². The number of nitrogens with zero attached hydrogens (tertiary/aromatic N) is 2. The highest BCUT2D eigenvalue weighted by Gasteiger charge is 2.34. The standard InChI is InChI=1S/C19H30N2O5S/c1-16-6-8-18(9-7-16)27(23,24)21-10-4-5-17(15-21)19(22)20(11-13-25-2)12-14-26-3/h6-9,17H,4-5,10-15H2,1-3H3/t17-/m1/s1. The van der Waals surface area contributed by atoms with Gasteiger partial charge in [-0.25, -0.2) is 8.42 Å². The number of hydrogen-bond donors (Lipinski definition) is 0. The molecule has 0 aliphatic carbocycles. The van der Waals surface area contributed by atoms with Crippen molar-refractivity contribution < 1.29 is 22.7 Å². The third kappa shape index (κ3) is 5.75. The zero-order chi connectivity index (χ0) is 19.9. The number of piperidine rings is 1. The van der Waals surface area contributed by atoms with Crippen molar-refractivity contribution in [2.75, 3.05) is 53.6 Å². The van der Waals surface area contributed by atoms with Crippen LogP contribution < -0.4 is 0 Å². The number of methoxy groups -OCH3 is 2. The number of carbonyl (C=O) groups excluding carboxylic acids is 1. The van der Waals surface area contributed by atoms with E-state index in [-0.39, 0.29) is 23.3 Å². The van der Waals surface area contributed by atoms with Crippen molar-refractivity contribution in [2.24, 2.45) is 5.92 Å². The van der Waals surface area contributed by atoms with E-state index in [2.05, 4.69) is 0 Å². The fourth-order valence-electron chi connectivity index (χ4n) is 3.21.